The molecule has 0 bridgehead atoms. The summed E-state index contributed by atoms with van der Waals surface area (Å²) in [5.41, 5.74) is 0.754. The van der Waals surface area contributed by atoms with E-state index in [1.165, 1.54) is 12.8 Å². The van der Waals surface area contributed by atoms with E-state index < -0.39 is 0 Å². The summed E-state index contributed by atoms with van der Waals surface area (Å²) in [4.78, 5) is 0. The summed E-state index contributed by atoms with van der Waals surface area (Å²) in [5, 5.41) is 0. The van der Waals surface area contributed by atoms with Gasteiger partial charge < -0.3 is 0 Å². The fraction of sp³-hybridized carbons (Fsp3) is 1.00. The lowest BCUT2D eigenvalue weighted by Crippen LogP contribution is -2.51. The van der Waals surface area contributed by atoms with E-state index in [-0.39, 0.29) is 0 Å². The van der Waals surface area contributed by atoms with Crippen molar-refractivity contribution in [2.24, 2.45) is 35.0 Å². The highest BCUT2D eigenvalue weighted by atomic mass is 14.6. The average molecular weight is 260 g/mol. The van der Waals surface area contributed by atoms with Crippen molar-refractivity contribution in [2.75, 3.05) is 0 Å². The zero-order chi connectivity index (χ0) is 12.9. The molecule has 0 aromatic rings. The van der Waals surface area contributed by atoms with Crippen molar-refractivity contribution in [3.05, 3.63) is 0 Å². The zero-order valence-corrected chi connectivity index (χ0v) is 12.9. The van der Waals surface area contributed by atoms with Crippen LogP contribution in [0, 0.1) is 35.0 Å². The van der Waals surface area contributed by atoms with E-state index in [1.54, 1.807) is 64.2 Å². The van der Waals surface area contributed by atoms with Gasteiger partial charge in [-0.1, -0.05) is 39.0 Å². The van der Waals surface area contributed by atoms with Gasteiger partial charge in [0.1, 0.15) is 0 Å². The maximum absolute atomic E-state index is 2.71. The fourth-order valence-corrected chi connectivity index (χ4v) is 7.08. The normalized spacial score (nSPS) is 53.8. The monoisotopic (exact) mass is 260 g/mol. The molecule has 0 heteroatoms. The summed E-state index contributed by atoms with van der Waals surface area (Å²) in [7, 11) is 0. The summed E-state index contributed by atoms with van der Waals surface area (Å²) in [5.74, 6) is 5.64. The van der Waals surface area contributed by atoms with E-state index in [1.807, 2.05) is 0 Å². The van der Waals surface area contributed by atoms with Crippen LogP contribution in [-0.4, -0.2) is 0 Å². The quantitative estimate of drug-likeness (QED) is 0.515. The molecule has 4 rings (SSSR count). The molecule has 0 nitrogen and oxygen atoms in total. The van der Waals surface area contributed by atoms with Crippen molar-refractivity contribution >= 4 is 0 Å². The molecule has 0 N–H and O–H groups in total. The molecule has 4 aliphatic rings. The second-order valence-electron chi connectivity index (χ2n) is 8.58. The Labute approximate surface area is 119 Å². The minimum Gasteiger partial charge on any atom is -0.0591 e. The summed E-state index contributed by atoms with van der Waals surface area (Å²) < 4.78 is 0. The molecule has 0 amide bonds. The Morgan fingerprint density at radius 3 is 2.47 bits per heavy atom. The molecule has 0 unspecified atom stereocenters. The van der Waals surface area contributed by atoms with Crippen molar-refractivity contribution in [1.29, 1.82) is 0 Å². The first-order valence-electron chi connectivity index (χ1n) is 9.29. The van der Waals surface area contributed by atoms with Gasteiger partial charge in [0, 0.05) is 0 Å². The first kappa shape index (κ1) is 12.7. The van der Waals surface area contributed by atoms with Crippen molar-refractivity contribution in [1.82, 2.24) is 0 Å². The molecule has 0 spiro atoms. The van der Waals surface area contributed by atoms with E-state index in [0.717, 1.165) is 35.0 Å². The Kier molecular flexibility index (Phi) is 3.20. The van der Waals surface area contributed by atoms with Crippen LogP contribution >= 0.6 is 0 Å². The minimum atomic E-state index is 0.754. The Balaban J connectivity index is 1.60. The third-order valence-corrected chi connectivity index (χ3v) is 8.03. The number of hydrogen-bond acceptors (Lipinski definition) is 0. The molecule has 0 aromatic carbocycles. The van der Waals surface area contributed by atoms with Gasteiger partial charge in [-0.2, -0.15) is 0 Å². The van der Waals surface area contributed by atoms with Gasteiger partial charge in [-0.25, -0.2) is 0 Å². The van der Waals surface area contributed by atoms with E-state index in [2.05, 4.69) is 6.92 Å². The molecule has 4 aliphatic carbocycles. The molecule has 108 valence electrons. The van der Waals surface area contributed by atoms with Crippen molar-refractivity contribution in [3.8, 4) is 0 Å². The van der Waals surface area contributed by atoms with Crippen LogP contribution in [0.25, 0.3) is 0 Å². The molecule has 4 saturated carbocycles. The summed E-state index contributed by atoms with van der Waals surface area (Å²) in [6, 6.07) is 0. The minimum absolute atomic E-state index is 0.754. The van der Waals surface area contributed by atoms with Crippen LogP contribution in [0.15, 0.2) is 0 Å². The van der Waals surface area contributed by atoms with Crippen LogP contribution < -0.4 is 0 Å². The fourth-order valence-electron chi connectivity index (χ4n) is 7.08. The molecule has 19 heavy (non-hydrogen) atoms. The predicted molar refractivity (Wildman–Crippen MR) is 81.0 cm³/mol. The first-order chi connectivity index (χ1) is 9.29. The molecular weight excluding hydrogens is 228 g/mol. The SMILES string of the molecule is C[C@]12CCCC[C@H]1CC[C@H]1[C@@H]3CCCC[C@@H]3CC[C@@H]12. The number of fused-ring (bicyclic) bond motifs is 5. The van der Waals surface area contributed by atoms with Crippen molar-refractivity contribution in [2.45, 2.75) is 84.0 Å². The number of rotatable bonds is 0. The highest BCUT2D eigenvalue weighted by Gasteiger charge is 2.53. The second-order valence-corrected chi connectivity index (χ2v) is 8.58. The summed E-state index contributed by atoms with van der Waals surface area (Å²) >= 11 is 0. The van der Waals surface area contributed by atoms with E-state index >= 15 is 0 Å². The van der Waals surface area contributed by atoms with Gasteiger partial charge >= 0.3 is 0 Å². The van der Waals surface area contributed by atoms with Crippen molar-refractivity contribution in [3.63, 3.8) is 0 Å². The van der Waals surface area contributed by atoms with Gasteiger partial charge in [-0.05, 0) is 80.0 Å². The standard InChI is InChI=1S/C19H32/c1-19-13-5-4-7-15(19)10-11-17-16-8-3-2-6-14(16)9-12-18(17)19/h14-18H,2-13H2,1H3/t14-,15+,16-,17+,18+,19+/m1/s1. The second kappa shape index (κ2) is 4.78. The molecule has 0 heterocycles. The van der Waals surface area contributed by atoms with Gasteiger partial charge in [-0.15, -0.1) is 0 Å². The molecule has 0 saturated heterocycles. The summed E-state index contributed by atoms with van der Waals surface area (Å²) in [6.07, 6.45) is 18.8. The largest absolute Gasteiger partial charge is 0.0591 e. The highest BCUT2D eigenvalue weighted by Crippen LogP contribution is 2.62. The van der Waals surface area contributed by atoms with Crippen LogP contribution in [0.3, 0.4) is 0 Å². The molecule has 4 fully saturated rings. The number of hydrogen-bond donors (Lipinski definition) is 0. The Hall–Kier alpha value is 0. The lowest BCUT2D eigenvalue weighted by molar-refractivity contribution is -0.0968. The van der Waals surface area contributed by atoms with Gasteiger partial charge in [0.2, 0.25) is 0 Å². The van der Waals surface area contributed by atoms with E-state index in [4.69, 9.17) is 0 Å². The van der Waals surface area contributed by atoms with Crippen LogP contribution in [0.4, 0.5) is 0 Å². The van der Waals surface area contributed by atoms with Crippen molar-refractivity contribution < 1.29 is 0 Å². The molecule has 0 aliphatic heterocycles. The lowest BCUT2D eigenvalue weighted by Gasteiger charge is -2.59. The third-order valence-electron chi connectivity index (χ3n) is 8.03. The first-order valence-corrected chi connectivity index (χ1v) is 9.29. The van der Waals surface area contributed by atoms with Gasteiger partial charge in [0.25, 0.3) is 0 Å². The third kappa shape index (κ3) is 1.92. The zero-order valence-electron chi connectivity index (χ0n) is 12.9. The Morgan fingerprint density at radius 2 is 1.53 bits per heavy atom. The summed E-state index contributed by atoms with van der Waals surface area (Å²) in [6.45, 7) is 2.71. The van der Waals surface area contributed by atoms with Gasteiger partial charge in [-0.3, -0.25) is 0 Å². The van der Waals surface area contributed by atoms with Crippen LogP contribution in [0.5, 0.6) is 0 Å². The topological polar surface area (TPSA) is 0 Å². The van der Waals surface area contributed by atoms with Gasteiger partial charge in [0.05, 0.1) is 0 Å². The maximum Gasteiger partial charge on any atom is -0.0266 e. The highest BCUT2D eigenvalue weighted by molar-refractivity contribution is 5.02. The van der Waals surface area contributed by atoms with Crippen LogP contribution in [-0.2, 0) is 0 Å². The van der Waals surface area contributed by atoms with E-state index in [0.29, 0.717) is 0 Å². The average Bonchev–Trinajstić information content (AvgIpc) is 2.46. The van der Waals surface area contributed by atoms with Crippen LogP contribution in [0.2, 0.25) is 0 Å². The molecule has 0 radical (unpaired) electrons. The Morgan fingerprint density at radius 1 is 0.684 bits per heavy atom. The smallest absolute Gasteiger partial charge is 0.0266 e. The molecule has 0 aromatic heterocycles. The molecule has 6 atom stereocenters. The Bertz CT molecular complexity index is 333. The van der Waals surface area contributed by atoms with Crippen LogP contribution in [0.1, 0.15) is 84.0 Å². The predicted octanol–water partition coefficient (Wildman–Crippen LogP) is 5.81. The lowest BCUT2D eigenvalue weighted by atomic mass is 9.46. The maximum atomic E-state index is 2.71. The van der Waals surface area contributed by atoms with Gasteiger partial charge in [0.15, 0.2) is 0 Å². The molecular formula is C19H32. The van der Waals surface area contributed by atoms with E-state index in [9.17, 15) is 0 Å².